The zero-order valence-electron chi connectivity index (χ0n) is 13.4. The van der Waals surface area contributed by atoms with Gasteiger partial charge >= 0.3 is 0 Å². The monoisotopic (exact) mass is 324 g/mol. The van der Waals surface area contributed by atoms with Crippen LogP contribution in [0.5, 0.6) is 0 Å². The number of anilines is 1. The van der Waals surface area contributed by atoms with Crippen molar-refractivity contribution in [1.29, 1.82) is 0 Å². The summed E-state index contributed by atoms with van der Waals surface area (Å²) in [6, 6.07) is 9.70. The third-order valence-electron chi connectivity index (χ3n) is 5.05. The number of nitrogens with two attached hydrogens (primary N) is 1. The Morgan fingerprint density at radius 3 is 2.58 bits per heavy atom. The summed E-state index contributed by atoms with van der Waals surface area (Å²) in [6.07, 6.45) is 2.24. The first-order chi connectivity index (χ1) is 11.6. The molecule has 4 N–H and O–H groups in total. The Labute approximate surface area is 139 Å². The van der Waals surface area contributed by atoms with Crippen molar-refractivity contribution in [3.63, 3.8) is 0 Å². The summed E-state index contributed by atoms with van der Waals surface area (Å²) in [6.45, 7) is 2.03. The van der Waals surface area contributed by atoms with E-state index in [4.69, 9.17) is 5.73 Å². The summed E-state index contributed by atoms with van der Waals surface area (Å²) in [5, 5.41) is 21.9. The van der Waals surface area contributed by atoms with Crippen molar-refractivity contribution in [2.45, 2.75) is 37.5 Å². The van der Waals surface area contributed by atoms with Crippen LogP contribution >= 0.6 is 0 Å². The number of rotatable bonds is 2. The van der Waals surface area contributed by atoms with Crippen molar-refractivity contribution in [1.82, 2.24) is 14.5 Å². The number of hydrogen-bond donors (Lipinski definition) is 3. The minimum absolute atomic E-state index is 0.109. The van der Waals surface area contributed by atoms with Crippen LogP contribution in [0.1, 0.15) is 29.5 Å². The Balaban J connectivity index is 1.71. The third kappa shape index (κ3) is 2.26. The first-order valence-corrected chi connectivity index (χ1v) is 8.06. The molecular formula is C18H20N4O2. The van der Waals surface area contributed by atoms with E-state index in [-0.39, 0.29) is 12.0 Å². The third-order valence-corrected chi connectivity index (χ3v) is 5.05. The second-order valence-corrected chi connectivity index (χ2v) is 6.52. The van der Waals surface area contributed by atoms with Gasteiger partial charge in [-0.2, -0.15) is 0 Å². The van der Waals surface area contributed by atoms with Gasteiger partial charge in [0.2, 0.25) is 0 Å². The van der Waals surface area contributed by atoms with Gasteiger partial charge in [0.15, 0.2) is 0 Å². The smallest absolute Gasteiger partial charge is 0.145 e. The molecule has 0 radical (unpaired) electrons. The van der Waals surface area contributed by atoms with E-state index in [0.29, 0.717) is 17.9 Å². The van der Waals surface area contributed by atoms with Gasteiger partial charge in [0.1, 0.15) is 23.9 Å². The highest BCUT2D eigenvalue weighted by molar-refractivity contribution is 5.86. The molecule has 4 rings (SSSR count). The molecule has 1 fully saturated rings. The van der Waals surface area contributed by atoms with E-state index in [1.54, 1.807) is 0 Å². The molecular weight excluding hydrogens is 304 g/mol. The number of nitrogens with zero attached hydrogens (tertiary/aromatic N) is 3. The fraction of sp³-hybridized carbons (Fsp3) is 0.333. The molecule has 24 heavy (non-hydrogen) atoms. The van der Waals surface area contributed by atoms with E-state index in [2.05, 4.69) is 9.97 Å². The Morgan fingerprint density at radius 1 is 1.08 bits per heavy atom. The summed E-state index contributed by atoms with van der Waals surface area (Å²) in [7, 11) is 0. The molecule has 0 amide bonds. The van der Waals surface area contributed by atoms with E-state index in [0.717, 1.165) is 10.9 Å². The molecule has 1 saturated carbocycles. The van der Waals surface area contributed by atoms with Crippen molar-refractivity contribution < 1.29 is 10.2 Å². The molecule has 0 saturated heterocycles. The lowest BCUT2D eigenvalue weighted by atomic mass is 9.94. The molecule has 2 heterocycles. The number of benzene rings is 1. The van der Waals surface area contributed by atoms with Crippen molar-refractivity contribution in [3.05, 3.63) is 54.0 Å². The topological polar surface area (TPSA) is 97.2 Å². The van der Waals surface area contributed by atoms with Crippen LogP contribution < -0.4 is 5.73 Å². The van der Waals surface area contributed by atoms with Crippen LogP contribution in [0.15, 0.2) is 42.9 Å². The first-order valence-electron chi connectivity index (χ1n) is 8.06. The minimum Gasteiger partial charge on any atom is -0.390 e. The van der Waals surface area contributed by atoms with Gasteiger partial charge in [-0.1, -0.05) is 29.8 Å². The number of nitrogen functional groups attached to an aromatic ring is 1. The van der Waals surface area contributed by atoms with Crippen LogP contribution in [0.2, 0.25) is 0 Å². The highest BCUT2D eigenvalue weighted by atomic mass is 16.3. The molecule has 0 spiro atoms. The van der Waals surface area contributed by atoms with Gasteiger partial charge in [-0.15, -0.1) is 0 Å². The molecule has 0 bridgehead atoms. The number of aromatic nitrogens is 3. The highest BCUT2D eigenvalue weighted by Crippen LogP contribution is 2.42. The summed E-state index contributed by atoms with van der Waals surface area (Å²) in [5.41, 5.74) is 8.78. The number of hydrogen-bond acceptors (Lipinski definition) is 5. The largest absolute Gasteiger partial charge is 0.390 e. The zero-order chi connectivity index (χ0) is 16.8. The average Bonchev–Trinajstić information content (AvgIpc) is 3.12. The van der Waals surface area contributed by atoms with Crippen LogP contribution in [0.25, 0.3) is 11.0 Å². The van der Waals surface area contributed by atoms with E-state index in [1.165, 1.54) is 11.9 Å². The molecule has 6 nitrogen and oxygen atoms in total. The molecule has 1 aliphatic rings. The lowest BCUT2D eigenvalue weighted by Gasteiger charge is -2.19. The minimum atomic E-state index is -0.858. The Hall–Kier alpha value is -2.44. The van der Waals surface area contributed by atoms with Crippen molar-refractivity contribution in [2.75, 3.05) is 5.73 Å². The van der Waals surface area contributed by atoms with Gasteiger partial charge < -0.3 is 20.5 Å². The van der Waals surface area contributed by atoms with Crippen molar-refractivity contribution in [2.24, 2.45) is 0 Å². The highest BCUT2D eigenvalue weighted by Gasteiger charge is 2.43. The fourth-order valence-electron chi connectivity index (χ4n) is 3.69. The van der Waals surface area contributed by atoms with E-state index < -0.39 is 12.2 Å². The molecule has 4 atom stereocenters. The standard InChI is InChI=1S/C18H20N4O2/c1-10-2-4-11(5-3-10)13-8-14(16(24)15(13)23)22-7-6-12-17(19)20-9-21-18(12)22/h2-7,9,13-16,23-24H,8H2,1H3,(H2,19,20,21)/t13-,14-,15-,16+/m1/s1. The molecule has 3 aromatic rings. The number of aliphatic hydroxyl groups is 2. The second-order valence-electron chi connectivity index (χ2n) is 6.52. The summed E-state index contributed by atoms with van der Waals surface area (Å²) in [5.74, 6) is 0.309. The molecule has 0 aliphatic heterocycles. The van der Waals surface area contributed by atoms with Crippen molar-refractivity contribution in [3.8, 4) is 0 Å². The normalized spacial score (nSPS) is 27.0. The lowest BCUT2D eigenvalue weighted by Crippen LogP contribution is -2.28. The maximum Gasteiger partial charge on any atom is 0.145 e. The second kappa shape index (κ2) is 5.58. The molecule has 0 unspecified atom stereocenters. The number of aliphatic hydroxyl groups excluding tert-OH is 2. The van der Waals surface area contributed by atoms with Crippen LogP contribution in [0.4, 0.5) is 5.82 Å². The number of aryl methyl sites for hydroxylation is 1. The Kier molecular flexibility index (Phi) is 3.51. The van der Waals surface area contributed by atoms with Gasteiger partial charge in [0, 0.05) is 12.1 Å². The van der Waals surface area contributed by atoms with Crippen LogP contribution in [0, 0.1) is 6.92 Å². The molecule has 2 aromatic heterocycles. The van der Waals surface area contributed by atoms with E-state index >= 15 is 0 Å². The predicted octanol–water partition coefficient (Wildman–Crippen LogP) is 1.77. The maximum atomic E-state index is 10.6. The van der Waals surface area contributed by atoms with Crippen LogP contribution in [0.3, 0.4) is 0 Å². The van der Waals surface area contributed by atoms with Gasteiger partial charge in [0.05, 0.1) is 17.5 Å². The van der Waals surface area contributed by atoms with Crippen LogP contribution in [-0.4, -0.2) is 37.0 Å². The first kappa shape index (κ1) is 15.1. The van der Waals surface area contributed by atoms with Gasteiger partial charge in [-0.3, -0.25) is 0 Å². The summed E-state index contributed by atoms with van der Waals surface area (Å²) < 4.78 is 1.90. The quantitative estimate of drug-likeness (QED) is 0.667. The van der Waals surface area contributed by atoms with E-state index in [9.17, 15) is 10.2 Å². The molecule has 6 heteroatoms. The SMILES string of the molecule is Cc1ccc([C@H]2C[C@@H](n3ccc4c(N)ncnc43)[C@H](O)[C@@H]2O)cc1. The summed E-state index contributed by atoms with van der Waals surface area (Å²) >= 11 is 0. The van der Waals surface area contributed by atoms with Crippen LogP contribution in [-0.2, 0) is 0 Å². The van der Waals surface area contributed by atoms with Crippen molar-refractivity contribution >= 4 is 16.9 Å². The lowest BCUT2D eigenvalue weighted by molar-refractivity contribution is 0.0179. The fourth-order valence-corrected chi connectivity index (χ4v) is 3.69. The predicted molar refractivity (Wildman–Crippen MR) is 91.5 cm³/mol. The van der Waals surface area contributed by atoms with Gasteiger partial charge in [-0.05, 0) is 25.0 Å². The Morgan fingerprint density at radius 2 is 1.83 bits per heavy atom. The maximum absolute atomic E-state index is 10.6. The molecule has 124 valence electrons. The average molecular weight is 324 g/mol. The van der Waals surface area contributed by atoms with Gasteiger partial charge in [-0.25, -0.2) is 9.97 Å². The van der Waals surface area contributed by atoms with Gasteiger partial charge in [0.25, 0.3) is 0 Å². The van der Waals surface area contributed by atoms with E-state index in [1.807, 2.05) is 48.0 Å². The summed E-state index contributed by atoms with van der Waals surface area (Å²) in [4.78, 5) is 8.29. The zero-order valence-corrected chi connectivity index (χ0v) is 13.4. The number of fused-ring (bicyclic) bond motifs is 1. The molecule has 1 aliphatic carbocycles. The molecule has 1 aromatic carbocycles. The Bertz CT molecular complexity index is 874.